The summed E-state index contributed by atoms with van der Waals surface area (Å²) < 4.78 is 77.5. The molecule has 0 fully saturated rings. The molecule has 1 unspecified atom stereocenters. The molecule has 1 atom stereocenters. The Morgan fingerprint density at radius 3 is 2.00 bits per heavy atom. The van der Waals surface area contributed by atoms with Gasteiger partial charge in [0.05, 0.1) is 85.1 Å². The Labute approximate surface area is 520 Å². The molecule has 23 heteroatoms. The van der Waals surface area contributed by atoms with Crippen molar-refractivity contribution in [2.45, 2.75) is 104 Å². The number of para-hydroxylation sites is 2. The van der Waals surface area contributed by atoms with E-state index in [1.54, 1.807) is 19.2 Å². The molecule has 1 aliphatic rings. The van der Waals surface area contributed by atoms with Crippen molar-refractivity contribution < 1.29 is 71.4 Å². The third-order valence-corrected chi connectivity index (χ3v) is 14.3. The van der Waals surface area contributed by atoms with E-state index in [1.807, 2.05) is 71.5 Å². The average Bonchev–Trinajstić information content (AvgIpc) is 3.12. The van der Waals surface area contributed by atoms with Crippen LogP contribution < -0.4 is 54.7 Å². The molecule has 23 nitrogen and oxygen atoms in total. The topological polar surface area (TPSA) is 255 Å². The number of quaternary nitrogens is 1. The number of unbranched alkanes of at least 4 members (excludes halogenated alkanes) is 4. The van der Waals surface area contributed by atoms with Gasteiger partial charge in [0, 0.05) is 59.3 Å². The maximum absolute atomic E-state index is 13.1. The van der Waals surface area contributed by atoms with Crippen molar-refractivity contribution in [3.63, 3.8) is 0 Å². The molecule has 3 aromatic heterocycles. The van der Waals surface area contributed by atoms with Gasteiger partial charge in [-0.05, 0) is 92.4 Å². The third-order valence-electron chi connectivity index (χ3n) is 14.3. The first-order valence-corrected chi connectivity index (χ1v) is 31.0. The number of rotatable bonds is 27. The van der Waals surface area contributed by atoms with E-state index in [0.717, 1.165) is 99.1 Å². The fourth-order valence-electron chi connectivity index (χ4n) is 9.62. The zero-order chi connectivity index (χ0) is 61.9. The van der Waals surface area contributed by atoms with Crippen molar-refractivity contribution in [3.8, 4) is 40.4 Å². The molecule has 7 aromatic rings. The molecule has 4 N–H and O–H groups in total. The quantitative estimate of drug-likeness (QED) is 0.0321. The molecule has 2 amide bonds. The first-order valence-electron chi connectivity index (χ1n) is 31.0. The van der Waals surface area contributed by atoms with Crippen molar-refractivity contribution in [1.82, 2.24) is 30.3 Å². The molecular weight excluding hydrogens is 1140 g/mol. The van der Waals surface area contributed by atoms with Crippen LogP contribution in [-0.4, -0.2) is 137 Å². The second kappa shape index (κ2) is 38.4. The SMILES string of the molecule is CCCCC(CC)c1cc(OCc2cc(=O)oc3cc(OC)ccc23)nc(NC(=O)NCCCCCCn2cc(COCCOc3ccc(C[NH2+]Cc4ccc5c(c4)OCCOCCOCCOc4ccccc4OCCOCCOCCO5)cc3)nn2)n1. The standard InChI is InChI=1S/C66H86N8O15/c1-4-6-13-51(5-2)57-43-63(88-47-52-41-64(75)89-61-42-55(77-3)21-22-56(52)61)70-65(69-57)71-66(76)68-24-11-7-8-12-25-74-46-53(72-73-74)48-82-34-35-83-54-19-16-49(17-20-54)44-67-45-50-18-23-60-62(40-50)87-39-33-81-29-28-79-31-37-85-59-15-10-9-14-58(59)84-36-30-78-26-27-80-32-38-86-60/h9-10,14-23,40-43,46,51,67H,4-8,11-13,24-39,44-45,47-48H2,1-3H3,(H2,68,69,70,71,76)/p+1. The van der Waals surface area contributed by atoms with Crippen LogP contribution in [-0.2, 0) is 56.5 Å². The predicted molar refractivity (Wildman–Crippen MR) is 333 cm³/mol. The summed E-state index contributed by atoms with van der Waals surface area (Å²) >= 11 is 0. The number of benzene rings is 4. The number of nitrogens with two attached hydrogens (primary N) is 1. The van der Waals surface area contributed by atoms with Gasteiger partial charge >= 0.3 is 11.7 Å². The number of aromatic nitrogens is 5. The summed E-state index contributed by atoms with van der Waals surface area (Å²) in [5, 5.41) is 17.3. The number of carbonyl (C=O) groups excluding carboxylic acids is 1. The summed E-state index contributed by atoms with van der Waals surface area (Å²) in [5.41, 5.74) is 4.34. The fraction of sp³-hybridized carbons (Fsp3) is 0.485. The van der Waals surface area contributed by atoms with Crippen molar-refractivity contribution >= 4 is 22.9 Å². The minimum atomic E-state index is -0.500. The van der Waals surface area contributed by atoms with Crippen LogP contribution in [0.4, 0.5) is 10.7 Å². The number of nitrogens with zero attached hydrogens (tertiary/aromatic N) is 5. The fourth-order valence-corrected chi connectivity index (χ4v) is 9.62. The van der Waals surface area contributed by atoms with Crippen molar-refractivity contribution in [2.75, 3.05) is 111 Å². The number of amides is 2. The molecule has 1 aliphatic heterocycles. The van der Waals surface area contributed by atoms with E-state index in [1.165, 1.54) is 11.6 Å². The average molecular weight is 1230 g/mol. The molecule has 8 rings (SSSR count). The first-order chi connectivity index (χ1) is 43.8. The Balaban J connectivity index is 0.675. The molecule has 480 valence electrons. The summed E-state index contributed by atoms with van der Waals surface area (Å²) in [7, 11) is 1.55. The van der Waals surface area contributed by atoms with Gasteiger partial charge in [0.2, 0.25) is 11.8 Å². The summed E-state index contributed by atoms with van der Waals surface area (Å²) in [6, 6.07) is 29.8. The maximum Gasteiger partial charge on any atom is 0.336 e. The molecule has 0 spiro atoms. The zero-order valence-corrected chi connectivity index (χ0v) is 51.6. The Bertz CT molecular complexity index is 3240. The van der Waals surface area contributed by atoms with Gasteiger partial charge in [-0.25, -0.2) is 14.6 Å². The second-order valence-corrected chi connectivity index (χ2v) is 21.0. The van der Waals surface area contributed by atoms with Crippen LogP contribution in [0.1, 0.15) is 99.2 Å². The molecule has 0 bridgehead atoms. The van der Waals surface area contributed by atoms with E-state index in [0.29, 0.717) is 151 Å². The van der Waals surface area contributed by atoms with Crippen LogP contribution in [0.15, 0.2) is 112 Å². The van der Waals surface area contributed by atoms with Gasteiger partial charge in [0.15, 0.2) is 23.0 Å². The largest absolute Gasteiger partial charge is 0.497 e. The number of hydrogen-bond donors (Lipinski definition) is 3. The lowest BCUT2D eigenvalue weighted by atomic mass is 9.95. The summed E-state index contributed by atoms with van der Waals surface area (Å²) in [5.74, 6) is 4.56. The number of ether oxygens (including phenoxy) is 12. The second-order valence-electron chi connectivity index (χ2n) is 21.0. The van der Waals surface area contributed by atoms with Crippen molar-refractivity contribution in [2.24, 2.45) is 0 Å². The Hall–Kier alpha value is -8.06. The molecule has 0 saturated heterocycles. The van der Waals surface area contributed by atoms with E-state index in [-0.39, 0.29) is 18.5 Å². The third kappa shape index (κ3) is 23.8. The lowest BCUT2D eigenvalue weighted by Crippen LogP contribution is -2.80. The molecular formula is C66H87N8O15+. The van der Waals surface area contributed by atoms with Crippen LogP contribution in [0.3, 0.4) is 0 Å². The Morgan fingerprint density at radius 2 is 1.30 bits per heavy atom. The molecule has 0 aliphatic carbocycles. The van der Waals surface area contributed by atoms with Gasteiger partial charge < -0.3 is 71.9 Å². The number of nitrogens with one attached hydrogen (secondary N) is 2. The highest BCUT2D eigenvalue weighted by Crippen LogP contribution is 2.31. The highest BCUT2D eigenvalue weighted by Gasteiger charge is 2.18. The molecule has 0 radical (unpaired) electrons. The van der Waals surface area contributed by atoms with Crippen molar-refractivity contribution in [3.05, 3.63) is 142 Å². The first kappa shape index (κ1) is 66.9. The number of urea groups is 1. The summed E-state index contributed by atoms with van der Waals surface area (Å²) in [4.78, 5) is 34.7. The van der Waals surface area contributed by atoms with Gasteiger partial charge in [-0.3, -0.25) is 10.00 Å². The number of fused-ring (bicyclic) bond motifs is 3. The monoisotopic (exact) mass is 1230 g/mol. The Kier molecular flexibility index (Phi) is 28.8. The smallest absolute Gasteiger partial charge is 0.336 e. The number of hydrogen-bond acceptors (Lipinski definition) is 19. The molecule has 4 heterocycles. The normalized spacial score (nSPS) is 14.3. The van der Waals surface area contributed by atoms with E-state index in [2.05, 4.69) is 63.3 Å². The lowest BCUT2D eigenvalue weighted by molar-refractivity contribution is -0.686. The Morgan fingerprint density at radius 1 is 0.652 bits per heavy atom. The highest BCUT2D eigenvalue weighted by molar-refractivity contribution is 5.87. The van der Waals surface area contributed by atoms with Gasteiger partial charge in [-0.15, -0.1) is 5.10 Å². The van der Waals surface area contributed by atoms with Crippen LogP contribution >= 0.6 is 0 Å². The molecule has 89 heavy (non-hydrogen) atoms. The number of methoxy groups -OCH3 is 1. The van der Waals surface area contributed by atoms with Crippen LogP contribution in [0, 0.1) is 0 Å². The van der Waals surface area contributed by atoms with E-state index in [4.69, 9.17) is 66.2 Å². The van der Waals surface area contributed by atoms with Gasteiger partial charge in [-0.2, -0.15) is 4.98 Å². The van der Waals surface area contributed by atoms with Gasteiger partial charge in [0.25, 0.3) is 0 Å². The van der Waals surface area contributed by atoms with Gasteiger partial charge in [-0.1, -0.05) is 56.9 Å². The number of anilines is 1. The molecule has 0 saturated carbocycles. The minimum Gasteiger partial charge on any atom is -0.497 e. The van der Waals surface area contributed by atoms with Crippen molar-refractivity contribution in [1.29, 1.82) is 0 Å². The number of carbonyl (C=O) groups is 1. The lowest BCUT2D eigenvalue weighted by Gasteiger charge is -2.17. The van der Waals surface area contributed by atoms with Crippen LogP contribution in [0.2, 0.25) is 0 Å². The maximum atomic E-state index is 13.1. The summed E-state index contributed by atoms with van der Waals surface area (Å²) in [6.07, 6.45) is 9.39. The van der Waals surface area contributed by atoms with E-state index >= 15 is 0 Å². The number of aryl methyl sites for hydroxylation is 1. The summed E-state index contributed by atoms with van der Waals surface area (Å²) in [6.45, 7) is 13.0. The predicted octanol–water partition coefficient (Wildman–Crippen LogP) is 8.98. The van der Waals surface area contributed by atoms with E-state index < -0.39 is 11.7 Å². The van der Waals surface area contributed by atoms with Gasteiger partial charge in [0.1, 0.15) is 75.5 Å². The molecule has 4 aromatic carbocycles. The minimum absolute atomic E-state index is 0.0549. The van der Waals surface area contributed by atoms with Crippen LogP contribution in [0.25, 0.3) is 11.0 Å². The zero-order valence-electron chi connectivity index (χ0n) is 51.6. The van der Waals surface area contributed by atoms with Crippen LogP contribution in [0.5, 0.6) is 40.4 Å². The van der Waals surface area contributed by atoms with E-state index in [9.17, 15) is 9.59 Å². The highest BCUT2D eigenvalue weighted by atomic mass is 16.6.